The molecular weight excluding hydrogens is 464 g/mol. The summed E-state index contributed by atoms with van der Waals surface area (Å²) >= 11 is 6.46. The Morgan fingerprint density at radius 2 is 1.63 bits per heavy atom. The molecule has 3 N–H and O–H groups in total. The van der Waals surface area contributed by atoms with Gasteiger partial charge in [-0.1, -0.05) is 66.2 Å². The summed E-state index contributed by atoms with van der Waals surface area (Å²) in [5, 5.41) is 24.9. The van der Waals surface area contributed by atoms with Crippen molar-refractivity contribution in [1.82, 2.24) is 10.2 Å². The third-order valence-electron chi connectivity index (χ3n) is 5.69. The zero-order valence-electron chi connectivity index (χ0n) is 20.3. The monoisotopic (exact) mass is 496 g/mol. The van der Waals surface area contributed by atoms with Gasteiger partial charge in [0, 0.05) is 29.2 Å². The first kappa shape index (κ1) is 26.5. The predicted octanol–water partition coefficient (Wildman–Crippen LogP) is 5.97. The molecule has 0 saturated carbocycles. The van der Waals surface area contributed by atoms with Crippen molar-refractivity contribution in [3.8, 4) is 11.5 Å². The molecule has 0 saturated heterocycles. The average Bonchev–Trinajstić information content (AvgIpc) is 2.80. The summed E-state index contributed by atoms with van der Waals surface area (Å²) in [5.41, 5.74) is 1.03. The number of halogens is 1. The maximum atomic E-state index is 12.2. The summed E-state index contributed by atoms with van der Waals surface area (Å²) in [4.78, 5) is 13.5. The van der Waals surface area contributed by atoms with Gasteiger partial charge in [-0.25, -0.2) is 4.79 Å². The first-order valence-corrected chi connectivity index (χ1v) is 12.0. The van der Waals surface area contributed by atoms with Gasteiger partial charge in [-0.15, -0.1) is 0 Å². The number of amides is 1. The molecule has 7 heteroatoms. The van der Waals surface area contributed by atoms with Gasteiger partial charge in [0.15, 0.2) is 0 Å². The Labute approximate surface area is 212 Å². The largest absolute Gasteiger partial charge is 0.465 e. The minimum Gasteiger partial charge on any atom is -0.465 e. The molecule has 3 rings (SSSR count). The van der Waals surface area contributed by atoms with Gasteiger partial charge in [-0.05, 0) is 57.0 Å². The number of aliphatic hydroxyl groups is 1. The minimum atomic E-state index is -1.07. The number of para-hydroxylation sites is 1. The lowest BCUT2D eigenvalue weighted by molar-refractivity contribution is 0.00770. The number of aliphatic hydroxyl groups excluding tert-OH is 1. The van der Waals surface area contributed by atoms with E-state index in [9.17, 15) is 15.0 Å². The molecule has 2 atom stereocenters. The van der Waals surface area contributed by atoms with Gasteiger partial charge in [0.2, 0.25) is 0 Å². The zero-order valence-corrected chi connectivity index (χ0v) is 21.1. The van der Waals surface area contributed by atoms with Gasteiger partial charge < -0.3 is 20.3 Å². The van der Waals surface area contributed by atoms with E-state index in [2.05, 4.69) is 5.32 Å². The molecule has 3 aromatic carbocycles. The molecule has 0 aliphatic carbocycles. The van der Waals surface area contributed by atoms with Crippen LogP contribution in [0.2, 0.25) is 5.02 Å². The first-order valence-electron chi connectivity index (χ1n) is 11.6. The van der Waals surface area contributed by atoms with Crippen LogP contribution in [0.25, 0.3) is 0 Å². The molecule has 1 amide bonds. The molecule has 3 aromatic rings. The van der Waals surface area contributed by atoms with E-state index in [1.807, 2.05) is 93.6 Å². The standard InChI is InChI=1S/C28H33ClN2O4/c1-28(2,3)31(27(33)34)24(17-20-11-6-4-7-12-20)25(32)19-30-18-22-23(29)15-10-16-26(22)35-21-13-8-5-9-14-21/h4-16,24-25,30,32H,17-19H2,1-3H3,(H,33,34)/t24-,25+/m0/s1. The summed E-state index contributed by atoms with van der Waals surface area (Å²) in [7, 11) is 0. The second-order valence-corrected chi connectivity index (χ2v) is 9.82. The normalized spacial score (nSPS) is 13.2. The predicted molar refractivity (Wildman–Crippen MR) is 139 cm³/mol. The second kappa shape index (κ2) is 12.1. The maximum Gasteiger partial charge on any atom is 0.408 e. The fourth-order valence-corrected chi connectivity index (χ4v) is 4.32. The maximum absolute atomic E-state index is 12.2. The van der Waals surface area contributed by atoms with Crippen LogP contribution in [-0.4, -0.2) is 45.4 Å². The van der Waals surface area contributed by atoms with E-state index in [1.54, 1.807) is 6.07 Å². The van der Waals surface area contributed by atoms with E-state index >= 15 is 0 Å². The fourth-order valence-electron chi connectivity index (χ4n) is 4.08. The van der Waals surface area contributed by atoms with Gasteiger partial charge in [-0.2, -0.15) is 0 Å². The lowest BCUT2D eigenvalue weighted by Crippen LogP contribution is -2.58. The highest BCUT2D eigenvalue weighted by Crippen LogP contribution is 2.30. The Morgan fingerprint density at radius 3 is 2.23 bits per heavy atom. The quantitative estimate of drug-likeness (QED) is 0.322. The van der Waals surface area contributed by atoms with Crippen LogP contribution in [0.1, 0.15) is 31.9 Å². The van der Waals surface area contributed by atoms with Gasteiger partial charge in [0.05, 0.1) is 12.1 Å². The van der Waals surface area contributed by atoms with E-state index in [0.29, 0.717) is 29.5 Å². The smallest absolute Gasteiger partial charge is 0.408 e. The molecular formula is C28H33ClN2O4. The fraction of sp³-hybridized carbons (Fsp3) is 0.321. The van der Waals surface area contributed by atoms with Crippen LogP contribution in [0.15, 0.2) is 78.9 Å². The molecule has 0 aliphatic heterocycles. The number of rotatable bonds is 10. The van der Waals surface area contributed by atoms with Crippen LogP contribution in [0.4, 0.5) is 4.79 Å². The van der Waals surface area contributed by atoms with Crippen LogP contribution in [0.3, 0.4) is 0 Å². The molecule has 0 aliphatic rings. The van der Waals surface area contributed by atoms with Crippen molar-refractivity contribution in [2.45, 2.75) is 51.4 Å². The molecule has 6 nitrogen and oxygen atoms in total. The third kappa shape index (κ3) is 7.46. The first-order chi connectivity index (χ1) is 16.7. The van der Waals surface area contributed by atoms with Crippen LogP contribution in [0.5, 0.6) is 11.5 Å². The number of hydrogen-bond acceptors (Lipinski definition) is 4. The van der Waals surface area contributed by atoms with E-state index in [0.717, 1.165) is 11.1 Å². The van der Waals surface area contributed by atoms with E-state index in [1.165, 1.54) is 4.90 Å². The van der Waals surface area contributed by atoms with Crippen molar-refractivity contribution in [3.63, 3.8) is 0 Å². The highest BCUT2D eigenvalue weighted by molar-refractivity contribution is 6.31. The van der Waals surface area contributed by atoms with E-state index in [-0.39, 0.29) is 6.54 Å². The summed E-state index contributed by atoms with van der Waals surface area (Å²) in [5.74, 6) is 1.31. The second-order valence-electron chi connectivity index (χ2n) is 9.41. The Bertz CT molecular complexity index is 1090. The molecule has 0 fully saturated rings. The summed E-state index contributed by atoms with van der Waals surface area (Å²) in [6, 6.07) is 23.8. The van der Waals surface area contributed by atoms with Crippen LogP contribution < -0.4 is 10.1 Å². The van der Waals surface area contributed by atoms with Crippen molar-refractivity contribution in [2.24, 2.45) is 0 Å². The SMILES string of the molecule is CC(C)(C)N(C(=O)O)[C@@H](Cc1ccccc1)[C@H](O)CNCc1c(Cl)cccc1Oc1ccccc1. The van der Waals surface area contributed by atoms with Gasteiger partial charge in [0.25, 0.3) is 0 Å². The zero-order chi connectivity index (χ0) is 25.4. The van der Waals surface area contributed by atoms with E-state index < -0.39 is 23.8 Å². The lowest BCUT2D eigenvalue weighted by Gasteiger charge is -2.42. The van der Waals surface area contributed by atoms with Gasteiger partial charge in [0.1, 0.15) is 11.5 Å². The molecule has 186 valence electrons. The lowest BCUT2D eigenvalue weighted by atomic mass is 9.94. The van der Waals surface area contributed by atoms with Gasteiger partial charge in [-0.3, -0.25) is 4.90 Å². The molecule has 0 heterocycles. The van der Waals surface area contributed by atoms with Crippen LogP contribution in [0, 0.1) is 0 Å². The average molecular weight is 497 g/mol. The van der Waals surface area contributed by atoms with E-state index in [4.69, 9.17) is 16.3 Å². The number of ether oxygens (including phenoxy) is 1. The third-order valence-corrected chi connectivity index (χ3v) is 6.05. The van der Waals surface area contributed by atoms with Crippen molar-refractivity contribution in [1.29, 1.82) is 0 Å². The Kier molecular flexibility index (Phi) is 9.15. The Hall–Kier alpha value is -3.06. The van der Waals surface area contributed by atoms with Crippen molar-refractivity contribution in [3.05, 3.63) is 95.0 Å². The number of hydrogen-bond donors (Lipinski definition) is 3. The number of carbonyl (C=O) groups is 1. The number of nitrogens with one attached hydrogen (secondary N) is 1. The van der Waals surface area contributed by atoms with Crippen molar-refractivity contribution in [2.75, 3.05) is 6.54 Å². The Balaban J connectivity index is 1.75. The molecule has 35 heavy (non-hydrogen) atoms. The van der Waals surface area contributed by atoms with Crippen molar-refractivity contribution >= 4 is 17.7 Å². The van der Waals surface area contributed by atoms with Gasteiger partial charge >= 0.3 is 6.09 Å². The minimum absolute atomic E-state index is 0.174. The molecule has 0 spiro atoms. The Morgan fingerprint density at radius 1 is 1.00 bits per heavy atom. The number of benzene rings is 3. The van der Waals surface area contributed by atoms with Crippen LogP contribution >= 0.6 is 11.6 Å². The summed E-state index contributed by atoms with van der Waals surface area (Å²) in [6.07, 6.45) is -1.63. The summed E-state index contributed by atoms with van der Waals surface area (Å²) < 4.78 is 6.02. The highest BCUT2D eigenvalue weighted by atomic mass is 35.5. The topological polar surface area (TPSA) is 82.0 Å². The number of carboxylic acid groups (broad SMARTS) is 1. The van der Waals surface area contributed by atoms with Crippen molar-refractivity contribution < 1.29 is 19.7 Å². The summed E-state index contributed by atoms with van der Waals surface area (Å²) in [6.45, 7) is 6.01. The molecule has 0 bridgehead atoms. The molecule has 0 unspecified atom stereocenters. The molecule has 0 radical (unpaired) electrons. The number of nitrogens with zero attached hydrogens (tertiary/aromatic N) is 1. The molecule has 0 aromatic heterocycles. The van der Waals surface area contributed by atoms with Crippen LogP contribution in [-0.2, 0) is 13.0 Å². The highest BCUT2D eigenvalue weighted by Gasteiger charge is 2.37.